The quantitative estimate of drug-likeness (QED) is 0.636. The SMILES string of the molecule is C[C@H](C(=O)Nc1ccc2ccccc2c1)N(C)CCOc1ccc(Cl)cc1. The molecule has 0 aliphatic carbocycles. The predicted octanol–water partition coefficient (Wildman–Crippen LogP) is 4.83. The molecule has 4 nitrogen and oxygen atoms in total. The summed E-state index contributed by atoms with van der Waals surface area (Å²) in [7, 11) is 1.91. The fraction of sp³-hybridized carbons (Fsp3) is 0.227. The molecule has 3 aromatic carbocycles. The summed E-state index contributed by atoms with van der Waals surface area (Å²) in [4.78, 5) is 14.5. The third kappa shape index (κ3) is 5.22. The Hall–Kier alpha value is -2.56. The number of fused-ring (bicyclic) bond motifs is 1. The Morgan fingerprint density at radius 2 is 1.78 bits per heavy atom. The van der Waals surface area contributed by atoms with Crippen molar-refractivity contribution in [1.29, 1.82) is 0 Å². The first kappa shape index (κ1) is 19.2. The average molecular weight is 383 g/mol. The van der Waals surface area contributed by atoms with Crippen molar-refractivity contribution in [2.24, 2.45) is 0 Å². The van der Waals surface area contributed by atoms with Gasteiger partial charge in [0.25, 0.3) is 0 Å². The Morgan fingerprint density at radius 1 is 1.07 bits per heavy atom. The zero-order valence-corrected chi connectivity index (χ0v) is 16.2. The van der Waals surface area contributed by atoms with E-state index in [0.29, 0.717) is 18.2 Å². The maximum absolute atomic E-state index is 12.6. The number of hydrogen-bond acceptors (Lipinski definition) is 3. The fourth-order valence-electron chi connectivity index (χ4n) is 2.75. The van der Waals surface area contributed by atoms with Gasteiger partial charge in [-0.3, -0.25) is 9.69 Å². The van der Waals surface area contributed by atoms with Gasteiger partial charge in [-0.1, -0.05) is 41.9 Å². The summed E-state index contributed by atoms with van der Waals surface area (Å²) in [5.41, 5.74) is 0.802. The lowest BCUT2D eigenvalue weighted by Crippen LogP contribution is -2.41. The number of nitrogens with zero attached hydrogens (tertiary/aromatic N) is 1. The van der Waals surface area contributed by atoms with Crippen LogP contribution in [0.15, 0.2) is 66.7 Å². The number of hydrogen-bond donors (Lipinski definition) is 1. The molecule has 3 aromatic rings. The van der Waals surface area contributed by atoms with E-state index in [2.05, 4.69) is 11.4 Å². The molecular weight excluding hydrogens is 360 g/mol. The van der Waals surface area contributed by atoms with E-state index in [0.717, 1.165) is 22.2 Å². The van der Waals surface area contributed by atoms with Crippen LogP contribution in [0.1, 0.15) is 6.92 Å². The van der Waals surface area contributed by atoms with Crippen LogP contribution in [-0.4, -0.2) is 37.0 Å². The highest BCUT2D eigenvalue weighted by Crippen LogP contribution is 2.19. The van der Waals surface area contributed by atoms with Crippen molar-refractivity contribution >= 4 is 34.0 Å². The van der Waals surface area contributed by atoms with E-state index in [9.17, 15) is 4.79 Å². The van der Waals surface area contributed by atoms with Crippen molar-refractivity contribution in [3.05, 3.63) is 71.8 Å². The summed E-state index contributed by atoms with van der Waals surface area (Å²) >= 11 is 5.86. The first-order valence-electron chi connectivity index (χ1n) is 8.91. The summed E-state index contributed by atoms with van der Waals surface area (Å²) in [6.07, 6.45) is 0. The van der Waals surface area contributed by atoms with E-state index in [-0.39, 0.29) is 11.9 Å². The number of rotatable bonds is 7. The number of likely N-dealkylation sites (N-methyl/N-ethyl adjacent to an activating group) is 1. The lowest BCUT2D eigenvalue weighted by Gasteiger charge is -2.24. The van der Waals surface area contributed by atoms with Gasteiger partial charge < -0.3 is 10.1 Å². The van der Waals surface area contributed by atoms with Crippen LogP contribution in [0.3, 0.4) is 0 Å². The Morgan fingerprint density at radius 3 is 2.52 bits per heavy atom. The maximum atomic E-state index is 12.6. The molecule has 0 spiro atoms. The third-order valence-corrected chi connectivity index (χ3v) is 4.84. The first-order valence-corrected chi connectivity index (χ1v) is 9.29. The number of nitrogens with one attached hydrogen (secondary N) is 1. The molecule has 1 amide bonds. The third-order valence-electron chi connectivity index (χ3n) is 4.58. The maximum Gasteiger partial charge on any atom is 0.241 e. The lowest BCUT2D eigenvalue weighted by atomic mass is 10.1. The Balaban J connectivity index is 1.51. The average Bonchev–Trinajstić information content (AvgIpc) is 2.68. The van der Waals surface area contributed by atoms with Gasteiger partial charge in [0.15, 0.2) is 0 Å². The van der Waals surface area contributed by atoms with Gasteiger partial charge in [-0.2, -0.15) is 0 Å². The topological polar surface area (TPSA) is 41.6 Å². The second kappa shape index (κ2) is 8.89. The number of halogens is 1. The summed E-state index contributed by atoms with van der Waals surface area (Å²) in [6, 6.07) is 21.0. The lowest BCUT2D eigenvalue weighted by molar-refractivity contribution is -0.120. The zero-order chi connectivity index (χ0) is 19.2. The molecule has 0 radical (unpaired) electrons. The van der Waals surface area contributed by atoms with E-state index < -0.39 is 0 Å². The van der Waals surface area contributed by atoms with E-state index in [1.165, 1.54) is 0 Å². The van der Waals surface area contributed by atoms with Crippen molar-refractivity contribution in [2.75, 3.05) is 25.5 Å². The van der Waals surface area contributed by atoms with Crippen molar-refractivity contribution < 1.29 is 9.53 Å². The van der Waals surface area contributed by atoms with Gasteiger partial charge in [0.1, 0.15) is 12.4 Å². The molecule has 140 valence electrons. The summed E-state index contributed by atoms with van der Waals surface area (Å²) in [5.74, 6) is 0.723. The number of benzene rings is 3. The molecule has 0 saturated heterocycles. The van der Waals surface area contributed by atoms with E-state index in [1.54, 1.807) is 12.1 Å². The standard InChI is InChI=1S/C22H23ClN2O2/c1-16(25(2)13-14-27-21-11-8-19(23)9-12-21)22(26)24-20-10-7-17-5-3-4-6-18(17)15-20/h3-12,15-16H,13-14H2,1-2H3,(H,24,26)/t16-/m1/s1. The van der Waals surface area contributed by atoms with E-state index in [4.69, 9.17) is 16.3 Å². The number of carbonyl (C=O) groups excluding carboxylic acids is 1. The van der Waals surface area contributed by atoms with Crippen LogP contribution < -0.4 is 10.1 Å². The van der Waals surface area contributed by atoms with Gasteiger partial charge in [-0.15, -0.1) is 0 Å². The molecule has 0 saturated carbocycles. The number of ether oxygens (including phenoxy) is 1. The highest BCUT2D eigenvalue weighted by Gasteiger charge is 2.18. The number of amides is 1. The molecule has 0 aliphatic heterocycles. The number of carbonyl (C=O) groups is 1. The van der Waals surface area contributed by atoms with Gasteiger partial charge in [0.2, 0.25) is 5.91 Å². The van der Waals surface area contributed by atoms with Crippen molar-refractivity contribution in [2.45, 2.75) is 13.0 Å². The van der Waals surface area contributed by atoms with Gasteiger partial charge in [0, 0.05) is 17.3 Å². The molecule has 0 fully saturated rings. The molecule has 0 unspecified atom stereocenters. The molecule has 3 rings (SSSR count). The van der Waals surface area contributed by atoms with Crippen LogP contribution >= 0.6 is 11.6 Å². The highest BCUT2D eigenvalue weighted by molar-refractivity contribution is 6.30. The monoisotopic (exact) mass is 382 g/mol. The van der Waals surface area contributed by atoms with E-state index >= 15 is 0 Å². The molecule has 1 N–H and O–H groups in total. The summed E-state index contributed by atoms with van der Waals surface area (Å²) in [6.45, 7) is 3.01. The molecule has 27 heavy (non-hydrogen) atoms. The van der Waals surface area contributed by atoms with Gasteiger partial charge >= 0.3 is 0 Å². The van der Waals surface area contributed by atoms with Crippen molar-refractivity contribution in [1.82, 2.24) is 4.90 Å². The Bertz CT molecular complexity index is 912. The highest BCUT2D eigenvalue weighted by atomic mass is 35.5. The molecular formula is C22H23ClN2O2. The van der Waals surface area contributed by atoms with Gasteiger partial charge in [-0.25, -0.2) is 0 Å². The molecule has 5 heteroatoms. The van der Waals surface area contributed by atoms with Crippen LogP contribution in [0, 0.1) is 0 Å². The minimum atomic E-state index is -0.273. The Labute approximate surface area is 164 Å². The first-order chi connectivity index (χ1) is 13.0. The minimum absolute atomic E-state index is 0.0423. The Kier molecular flexibility index (Phi) is 6.32. The molecule has 0 aliphatic rings. The largest absolute Gasteiger partial charge is 0.492 e. The second-order valence-corrected chi connectivity index (χ2v) is 6.95. The minimum Gasteiger partial charge on any atom is -0.492 e. The summed E-state index contributed by atoms with van der Waals surface area (Å²) < 4.78 is 5.70. The van der Waals surface area contributed by atoms with Crippen molar-refractivity contribution in [3.8, 4) is 5.75 Å². The predicted molar refractivity (Wildman–Crippen MR) is 112 cm³/mol. The zero-order valence-electron chi connectivity index (χ0n) is 15.5. The summed E-state index contributed by atoms with van der Waals surface area (Å²) in [5, 5.41) is 5.93. The van der Waals surface area contributed by atoms with Crippen LogP contribution in [0.2, 0.25) is 5.02 Å². The van der Waals surface area contributed by atoms with Crippen LogP contribution in [0.5, 0.6) is 5.75 Å². The van der Waals surface area contributed by atoms with Gasteiger partial charge in [0.05, 0.1) is 6.04 Å². The normalized spacial score (nSPS) is 12.1. The van der Waals surface area contributed by atoms with Crippen LogP contribution in [-0.2, 0) is 4.79 Å². The van der Waals surface area contributed by atoms with E-state index in [1.807, 2.05) is 67.4 Å². The van der Waals surface area contributed by atoms with Gasteiger partial charge in [-0.05, 0) is 61.1 Å². The van der Waals surface area contributed by atoms with Crippen molar-refractivity contribution in [3.63, 3.8) is 0 Å². The van der Waals surface area contributed by atoms with Crippen LogP contribution in [0.4, 0.5) is 5.69 Å². The number of anilines is 1. The molecule has 0 heterocycles. The second-order valence-electron chi connectivity index (χ2n) is 6.51. The molecule has 0 aromatic heterocycles. The molecule has 1 atom stereocenters. The fourth-order valence-corrected chi connectivity index (χ4v) is 2.87. The molecule has 0 bridgehead atoms. The van der Waals surface area contributed by atoms with Crippen LogP contribution in [0.25, 0.3) is 10.8 Å². The smallest absolute Gasteiger partial charge is 0.241 e.